The summed E-state index contributed by atoms with van der Waals surface area (Å²) in [5.74, 6) is -2.87. The number of hydrogen-bond acceptors (Lipinski definition) is 5. The van der Waals surface area contributed by atoms with Gasteiger partial charge in [0.05, 0.1) is 17.9 Å². The number of carbonyl (C=O) groups is 1. The molecule has 8 nitrogen and oxygen atoms in total. The third-order valence-electron chi connectivity index (χ3n) is 5.56. The lowest BCUT2D eigenvalue weighted by atomic mass is 9.88. The lowest BCUT2D eigenvalue weighted by Gasteiger charge is -2.36. The highest BCUT2D eigenvalue weighted by molar-refractivity contribution is 6.01. The predicted molar refractivity (Wildman–Crippen MR) is 108 cm³/mol. The Labute approximate surface area is 169 Å². The summed E-state index contributed by atoms with van der Waals surface area (Å²) in [6.45, 7) is 0. The molecular formula is C20H19F2N7O. The average molecular weight is 411 g/mol. The van der Waals surface area contributed by atoms with Gasteiger partial charge in [-0.05, 0) is 18.6 Å². The first kappa shape index (κ1) is 18.5. The fourth-order valence-electron chi connectivity index (χ4n) is 3.78. The van der Waals surface area contributed by atoms with E-state index in [1.807, 2.05) is 36.0 Å². The second kappa shape index (κ2) is 6.48. The number of carbonyl (C=O) groups excluding carboxylic acids is 1. The number of nitrogens with zero attached hydrogens (tertiary/aromatic N) is 5. The minimum atomic E-state index is -2.87. The Kier molecular flexibility index (Phi) is 3.99. The molecule has 4 aromatic heterocycles. The summed E-state index contributed by atoms with van der Waals surface area (Å²) < 4.78 is 30.6. The number of hydrogen-bond donors (Lipinski definition) is 2. The lowest BCUT2D eigenvalue weighted by Crippen LogP contribution is -2.55. The number of amides is 1. The Morgan fingerprint density at radius 2 is 2.17 bits per heavy atom. The molecule has 30 heavy (non-hydrogen) atoms. The van der Waals surface area contributed by atoms with E-state index < -0.39 is 17.9 Å². The van der Waals surface area contributed by atoms with Crippen LogP contribution in [0.15, 0.2) is 36.8 Å². The number of halogens is 2. The van der Waals surface area contributed by atoms with Gasteiger partial charge in [-0.1, -0.05) is 0 Å². The molecule has 1 amide bonds. The molecule has 0 aromatic carbocycles. The first-order valence-electron chi connectivity index (χ1n) is 9.54. The number of nitrogens with one attached hydrogen (secondary N) is 2. The minimum absolute atomic E-state index is 0.148. The van der Waals surface area contributed by atoms with Crippen LogP contribution in [-0.2, 0) is 7.05 Å². The van der Waals surface area contributed by atoms with Crippen LogP contribution in [0.25, 0.3) is 27.9 Å². The van der Waals surface area contributed by atoms with Gasteiger partial charge in [0.1, 0.15) is 17.0 Å². The molecule has 1 aliphatic carbocycles. The first-order chi connectivity index (χ1) is 14.4. The van der Waals surface area contributed by atoms with E-state index in [2.05, 4.69) is 25.7 Å². The molecule has 0 spiro atoms. The Bertz CT molecular complexity index is 1290. The van der Waals surface area contributed by atoms with Crippen molar-refractivity contribution < 1.29 is 13.6 Å². The van der Waals surface area contributed by atoms with E-state index in [1.165, 1.54) is 10.7 Å². The molecule has 154 valence electrons. The van der Waals surface area contributed by atoms with Crippen LogP contribution in [0.2, 0.25) is 0 Å². The van der Waals surface area contributed by atoms with E-state index in [9.17, 15) is 13.6 Å². The predicted octanol–water partition coefficient (Wildman–Crippen LogP) is 2.85. The van der Waals surface area contributed by atoms with Crippen molar-refractivity contribution in [3.63, 3.8) is 0 Å². The molecule has 5 rings (SSSR count). The van der Waals surface area contributed by atoms with Gasteiger partial charge in [-0.2, -0.15) is 9.61 Å². The van der Waals surface area contributed by atoms with Crippen molar-refractivity contribution in [1.29, 1.82) is 0 Å². The van der Waals surface area contributed by atoms with Gasteiger partial charge in [0, 0.05) is 49.9 Å². The number of aryl methyl sites for hydroxylation is 1. The second-order valence-electron chi connectivity index (χ2n) is 7.42. The summed E-state index contributed by atoms with van der Waals surface area (Å²) in [4.78, 5) is 21.8. The van der Waals surface area contributed by atoms with Crippen LogP contribution in [0, 0.1) is 0 Å². The quantitative estimate of drug-likeness (QED) is 0.539. The van der Waals surface area contributed by atoms with Crippen molar-refractivity contribution in [3.8, 4) is 11.3 Å². The van der Waals surface area contributed by atoms with Crippen molar-refractivity contribution in [2.75, 3.05) is 12.4 Å². The molecule has 10 heteroatoms. The number of fused-ring (bicyclic) bond motifs is 2. The Morgan fingerprint density at radius 3 is 2.87 bits per heavy atom. The van der Waals surface area contributed by atoms with Gasteiger partial charge in [-0.3, -0.25) is 4.79 Å². The van der Waals surface area contributed by atoms with Gasteiger partial charge < -0.3 is 15.2 Å². The molecule has 2 N–H and O–H groups in total. The maximum atomic E-state index is 13.6. The summed E-state index contributed by atoms with van der Waals surface area (Å²) in [5.41, 5.74) is 2.71. The second-order valence-corrected chi connectivity index (χ2v) is 7.42. The van der Waals surface area contributed by atoms with Crippen molar-refractivity contribution in [1.82, 2.24) is 29.5 Å². The van der Waals surface area contributed by atoms with Crippen molar-refractivity contribution in [3.05, 3.63) is 42.4 Å². The van der Waals surface area contributed by atoms with E-state index >= 15 is 0 Å². The summed E-state index contributed by atoms with van der Waals surface area (Å²) in [5, 5.41) is 10.6. The number of alkyl halides is 2. The van der Waals surface area contributed by atoms with Gasteiger partial charge in [0.2, 0.25) is 0 Å². The van der Waals surface area contributed by atoms with Crippen LogP contribution in [0.5, 0.6) is 0 Å². The zero-order valence-corrected chi connectivity index (χ0v) is 16.4. The normalized spacial score (nSPS) is 17.8. The van der Waals surface area contributed by atoms with Crippen LogP contribution in [0.4, 0.5) is 14.6 Å². The molecule has 0 bridgehead atoms. The lowest BCUT2D eigenvalue weighted by molar-refractivity contribution is -0.102. The molecule has 0 saturated heterocycles. The van der Waals surface area contributed by atoms with E-state index in [-0.39, 0.29) is 24.1 Å². The standard InChI is InChI=1S/C20H19F2N7O/c1-23-16-8-14(13-10-28(2)17-11(13)4-3-7-24-17)26-18-12(9-25-29(16)18)19(30)27-15-5-6-20(15,21)22/h3-4,7-10,15,23H,5-6H2,1-2H3,(H,27,30)/t15-/m0/s1. The van der Waals surface area contributed by atoms with Crippen LogP contribution in [0.3, 0.4) is 0 Å². The van der Waals surface area contributed by atoms with Crippen LogP contribution in [-0.4, -0.2) is 49.1 Å². The highest BCUT2D eigenvalue weighted by Crippen LogP contribution is 2.38. The van der Waals surface area contributed by atoms with Crippen molar-refractivity contribution in [2.45, 2.75) is 24.8 Å². The highest BCUT2D eigenvalue weighted by Gasteiger charge is 2.49. The molecular weight excluding hydrogens is 392 g/mol. The summed E-state index contributed by atoms with van der Waals surface area (Å²) in [6, 6.07) is 4.46. The zero-order chi connectivity index (χ0) is 21.0. The van der Waals surface area contributed by atoms with Crippen LogP contribution >= 0.6 is 0 Å². The van der Waals surface area contributed by atoms with Crippen LogP contribution < -0.4 is 10.6 Å². The van der Waals surface area contributed by atoms with E-state index in [0.717, 1.165) is 16.6 Å². The first-order valence-corrected chi connectivity index (χ1v) is 9.54. The fraction of sp³-hybridized carbons (Fsp3) is 0.300. The van der Waals surface area contributed by atoms with Crippen molar-refractivity contribution >= 4 is 28.4 Å². The van der Waals surface area contributed by atoms with Gasteiger partial charge in [-0.15, -0.1) is 0 Å². The smallest absolute Gasteiger partial charge is 0.267 e. The molecule has 0 radical (unpaired) electrons. The Balaban J connectivity index is 1.62. The Morgan fingerprint density at radius 1 is 1.33 bits per heavy atom. The fourth-order valence-corrected chi connectivity index (χ4v) is 3.78. The molecule has 0 aliphatic heterocycles. The van der Waals surface area contributed by atoms with E-state index in [1.54, 1.807) is 13.2 Å². The van der Waals surface area contributed by atoms with E-state index in [0.29, 0.717) is 11.5 Å². The summed E-state index contributed by atoms with van der Waals surface area (Å²) in [7, 11) is 3.63. The third-order valence-corrected chi connectivity index (χ3v) is 5.56. The monoisotopic (exact) mass is 411 g/mol. The Hall–Kier alpha value is -3.56. The number of pyridine rings is 1. The molecule has 1 atom stereocenters. The number of aromatic nitrogens is 5. The summed E-state index contributed by atoms with van der Waals surface area (Å²) in [6.07, 6.45) is 5.03. The maximum Gasteiger partial charge on any atom is 0.267 e. The molecule has 1 saturated carbocycles. The molecule has 4 aromatic rings. The molecule has 1 fully saturated rings. The number of rotatable bonds is 4. The molecule has 4 heterocycles. The van der Waals surface area contributed by atoms with Gasteiger partial charge in [0.25, 0.3) is 11.8 Å². The van der Waals surface area contributed by atoms with Gasteiger partial charge in [-0.25, -0.2) is 18.7 Å². The zero-order valence-electron chi connectivity index (χ0n) is 16.4. The summed E-state index contributed by atoms with van der Waals surface area (Å²) >= 11 is 0. The topological polar surface area (TPSA) is 89.1 Å². The molecule has 1 aliphatic rings. The van der Waals surface area contributed by atoms with Gasteiger partial charge in [0.15, 0.2) is 5.65 Å². The van der Waals surface area contributed by atoms with Gasteiger partial charge >= 0.3 is 0 Å². The largest absolute Gasteiger partial charge is 0.373 e. The number of anilines is 1. The SMILES string of the molecule is CNc1cc(-c2cn(C)c3ncccc23)nc2c(C(=O)N[C@H]3CCC3(F)F)cnn12. The highest BCUT2D eigenvalue weighted by atomic mass is 19.3. The minimum Gasteiger partial charge on any atom is -0.373 e. The third kappa shape index (κ3) is 2.71. The maximum absolute atomic E-state index is 13.6. The van der Waals surface area contributed by atoms with E-state index in [4.69, 9.17) is 0 Å². The molecule has 0 unspecified atom stereocenters. The average Bonchev–Trinajstić information content (AvgIpc) is 3.32. The van der Waals surface area contributed by atoms with Crippen LogP contribution in [0.1, 0.15) is 23.2 Å². The van der Waals surface area contributed by atoms with Crippen molar-refractivity contribution in [2.24, 2.45) is 7.05 Å².